The zero-order chi connectivity index (χ0) is 12.3. The van der Waals surface area contributed by atoms with Gasteiger partial charge >= 0.3 is 0 Å². The standard InChI is InChI=1S/C14H19N3/c1-4-15-9-13-11(3)16-17-14(13)12-7-5-6-10(2)8-12/h5-8,15H,4,9H2,1-3H3,(H,16,17). The molecule has 1 heterocycles. The first-order chi connectivity index (χ1) is 8.22. The number of aromatic amines is 1. The van der Waals surface area contributed by atoms with Crippen molar-refractivity contribution in [3.05, 3.63) is 41.1 Å². The maximum atomic E-state index is 4.41. The van der Waals surface area contributed by atoms with E-state index >= 15 is 0 Å². The van der Waals surface area contributed by atoms with Gasteiger partial charge < -0.3 is 5.32 Å². The average Bonchev–Trinajstić information content (AvgIpc) is 2.68. The molecule has 17 heavy (non-hydrogen) atoms. The molecular formula is C14H19N3. The second kappa shape index (κ2) is 5.15. The van der Waals surface area contributed by atoms with Crippen molar-refractivity contribution in [2.45, 2.75) is 27.3 Å². The van der Waals surface area contributed by atoms with Crippen LogP contribution in [-0.4, -0.2) is 16.7 Å². The SMILES string of the molecule is CCNCc1c(-c2cccc(C)c2)n[nH]c1C. The number of benzene rings is 1. The number of H-pyrrole nitrogens is 1. The molecular weight excluding hydrogens is 210 g/mol. The molecule has 0 unspecified atom stereocenters. The lowest BCUT2D eigenvalue weighted by Gasteiger charge is -2.05. The Morgan fingerprint density at radius 3 is 2.82 bits per heavy atom. The van der Waals surface area contributed by atoms with E-state index in [1.54, 1.807) is 0 Å². The molecule has 0 aliphatic rings. The number of hydrogen-bond donors (Lipinski definition) is 2. The molecule has 0 spiro atoms. The van der Waals surface area contributed by atoms with E-state index in [0.717, 1.165) is 24.5 Å². The van der Waals surface area contributed by atoms with Crippen molar-refractivity contribution in [3.63, 3.8) is 0 Å². The zero-order valence-corrected chi connectivity index (χ0v) is 10.7. The van der Waals surface area contributed by atoms with Crippen LogP contribution in [0.3, 0.4) is 0 Å². The summed E-state index contributed by atoms with van der Waals surface area (Å²) in [7, 11) is 0. The van der Waals surface area contributed by atoms with E-state index in [2.05, 4.69) is 60.6 Å². The molecule has 0 bridgehead atoms. The Hall–Kier alpha value is -1.61. The summed E-state index contributed by atoms with van der Waals surface area (Å²) >= 11 is 0. The van der Waals surface area contributed by atoms with Gasteiger partial charge in [-0.25, -0.2) is 0 Å². The van der Waals surface area contributed by atoms with E-state index in [1.807, 2.05) is 0 Å². The first kappa shape index (κ1) is 11.9. The van der Waals surface area contributed by atoms with Crippen molar-refractivity contribution in [3.8, 4) is 11.3 Å². The van der Waals surface area contributed by atoms with Crippen LogP contribution in [0.5, 0.6) is 0 Å². The molecule has 0 amide bonds. The van der Waals surface area contributed by atoms with E-state index in [9.17, 15) is 0 Å². The Balaban J connectivity index is 2.38. The van der Waals surface area contributed by atoms with Crippen LogP contribution in [-0.2, 0) is 6.54 Å². The average molecular weight is 229 g/mol. The van der Waals surface area contributed by atoms with Crippen LogP contribution in [0.4, 0.5) is 0 Å². The molecule has 3 nitrogen and oxygen atoms in total. The molecule has 0 saturated heterocycles. The van der Waals surface area contributed by atoms with Crippen LogP contribution in [0.1, 0.15) is 23.7 Å². The van der Waals surface area contributed by atoms with Crippen molar-refractivity contribution in [2.75, 3.05) is 6.54 Å². The lowest BCUT2D eigenvalue weighted by atomic mass is 10.0. The summed E-state index contributed by atoms with van der Waals surface area (Å²) in [6.07, 6.45) is 0. The minimum atomic E-state index is 0.863. The Morgan fingerprint density at radius 1 is 1.29 bits per heavy atom. The first-order valence-electron chi connectivity index (χ1n) is 6.04. The van der Waals surface area contributed by atoms with Crippen LogP contribution in [0, 0.1) is 13.8 Å². The normalized spacial score (nSPS) is 10.8. The van der Waals surface area contributed by atoms with Crippen LogP contribution in [0.25, 0.3) is 11.3 Å². The molecule has 2 N–H and O–H groups in total. The number of hydrogen-bond acceptors (Lipinski definition) is 2. The lowest BCUT2D eigenvalue weighted by Crippen LogP contribution is -2.12. The Labute approximate surface area is 102 Å². The smallest absolute Gasteiger partial charge is 0.0968 e. The second-order valence-corrected chi connectivity index (χ2v) is 4.33. The van der Waals surface area contributed by atoms with E-state index in [-0.39, 0.29) is 0 Å². The largest absolute Gasteiger partial charge is 0.313 e. The van der Waals surface area contributed by atoms with Gasteiger partial charge in [-0.15, -0.1) is 0 Å². The van der Waals surface area contributed by atoms with Crippen LogP contribution < -0.4 is 5.32 Å². The molecule has 0 fully saturated rings. The third kappa shape index (κ3) is 2.56. The summed E-state index contributed by atoms with van der Waals surface area (Å²) < 4.78 is 0. The molecule has 0 aliphatic heterocycles. The third-order valence-corrected chi connectivity index (χ3v) is 2.92. The van der Waals surface area contributed by atoms with Gasteiger partial charge in [0.25, 0.3) is 0 Å². The van der Waals surface area contributed by atoms with E-state index in [1.165, 1.54) is 16.7 Å². The van der Waals surface area contributed by atoms with Gasteiger partial charge in [-0.1, -0.05) is 30.7 Å². The molecule has 1 aromatic carbocycles. The summed E-state index contributed by atoms with van der Waals surface area (Å²) in [6, 6.07) is 8.46. The van der Waals surface area contributed by atoms with Gasteiger partial charge in [0, 0.05) is 23.4 Å². The summed E-state index contributed by atoms with van der Waals surface area (Å²) in [5, 5.41) is 10.8. The maximum Gasteiger partial charge on any atom is 0.0968 e. The van der Waals surface area contributed by atoms with Crippen molar-refractivity contribution >= 4 is 0 Å². The van der Waals surface area contributed by atoms with Gasteiger partial charge in [-0.05, 0) is 26.5 Å². The van der Waals surface area contributed by atoms with Gasteiger partial charge in [0.1, 0.15) is 0 Å². The highest BCUT2D eigenvalue weighted by molar-refractivity contribution is 5.64. The van der Waals surface area contributed by atoms with Crippen LogP contribution >= 0.6 is 0 Å². The molecule has 2 rings (SSSR count). The summed E-state index contributed by atoms with van der Waals surface area (Å²) in [5.74, 6) is 0. The molecule has 1 aromatic heterocycles. The minimum absolute atomic E-state index is 0.863. The Bertz CT molecular complexity index is 500. The van der Waals surface area contributed by atoms with E-state index in [0.29, 0.717) is 0 Å². The fourth-order valence-electron chi connectivity index (χ4n) is 1.95. The zero-order valence-electron chi connectivity index (χ0n) is 10.7. The second-order valence-electron chi connectivity index (χ2n) is 4.33. The topological polar surface area (TPSA) is 40.7 Å². The van der Waals surface area contributed by atoms with E-state index in [4.69, 9.17) is 0 Å². The van der Waals surface area contributed by atoms with Gasteiger partial charge in [0.15, 0.2) is 0 Å². The first-order valence-corrected chi connectivity index (χ1v) is 6.04. The monoisotopic (exact) mass is 229 g/mol. The molecule has 0 aliphatic carbocycles. The predicted octanol–water partition coefficient (Wildman–Crippen LogP) is 2.80. The number of nitrogens with zero attached hydrogens (tertiary/aromatic N) is 1. The molecule has 0 atom stereocenters. The minimum Gasteiger partial charge on any atom is -0.313 e. The highest BCUT2D eigenvalue weighted by Crippen LogP contribution is 2.24. The van der Waals surface area contributed by atoms with Crippen molar-refractivity contribution in [1.82, 2.24) is 15.5 Å². The molecule has 0 saturated carbocycles. The molecule has 2 aromatic rings. The number of aromatic nitrogens is 2. The van der Waals surface area contributed by atoms with Gasteiger partial charge in [0.05, 0.1) is 5.69 Å². The fraction of sp³-hybridized carbons (Fsp3) is 0.357. The Kier molecular flexibility index (Phi) is 3.59. The quantitative estimate of drug-likeness (QED) is 0.846. The summed E-state index contributed by atoms with van der Waals surface area (Å²) in [4.78, 5) is 0. The van der Waals surface area contributed by atoms with Crippen LogP contribution in [0.2, 0.25) is 0 Å². The van der Waals surface area contributed by atoms with Gasteiger partial charge in [-0.3, -0.25) is 5.10 Å². The summed E-state index contributed by atoms with van der Waals surface area (Å²) in [5.41, 5.74) is 5.91. The van der Waals surface area contributed by atoms with Crippen molar-refractivity contribution < 1.29 is 0 Å². The number of aryl methyl sites for hydroxylation is 2. The fourth-order valence-corrected chi connectivity index (χ4v) is 1.95. The van der Waals surface area contributed by atoms with Gasteiger partial charge in [-0.2, -0.15) is 5.10 Å². The molecule has 0 radical (unpaired) electrons. The predicted molar refractivity (Wildman–Crippen MR) is 70.9 cm³/mol. The van der Waals surface area contributed by atoms with Crippen molar-refractivity contribution in [2.24, 2.45) is 0 Å². The van der Waals surface area contributed by atoms with Crippen LogP contribution in [0.15, 0.2) is 24.3 Å². The van der Waals surface area contributed by atoms with Gasteiger partial charge in [0.2, 0.25) is 0 Å². The highest BCUT2D eigenvalue weighted by Gasteiger charge is 2.11. The molecule has 90 valence electrons. The Morgan fingerprint density at radius 2 is 2.12 bits per heavy atom. The summed E-state index contributed by atoms with van der Waals surface area (Å²) in [6.45, 7) is 8.12. The molecule has 3 heteroatoms. The number of rotatable bonds is 4. The van der Waals surface area contributed by atoms with E-state index < -0.39 is 0 Å². The maximum absolute atomic E-state index is 4.41. The third-order valence-electron chi connectivity index (χ3n) is 2.92. The highest BCUT2D eigenvalue weighted by atomic mass is 15.1. The number of nitrogens with one attached hydrogen (secondary N) is 2. The lowest BCUT2D eigenvalue weighted by molar-refractivity contribution is 0.725. The van der Waals surface area contributed by atoms with Crippen molar-refractivity contribution in [1.29, 1.82) is 0 Å².